The van der Waals surface area contributed by atoms with E-state index in [9.17, 15) is 12.8 Å². The first-order valence-corrected chi connectivity index (χ1v) is 7.66. The number of halogens is 2. The molecule has 0 bridgehead atoms. The van der Waals surface area contributed by atoms with Crippen LogP contribution in [0.25, 0.3) is 0 Å². The summed E-state index contributed by atoms with van der Waals surface area (Å²) in [4.78, 5) is -0.140. The van der Waals surface area contributed by atoms with Gasteiger partial charge in [-0.15, -0.1) is 0 Å². The molecule has 4 nitrogen and oxygen atoms in total. The molecule has 2 aromatic rings. The average Bonchev–Trinajstić information content (AvgIpc) is 2.38. The fraction of sp³-hybridized carbons (Fsp3) is 0.0769. The van der Waals surface area contributed by atoms with Crippen molar-refractivity contribution in [1.29, 1.82) is 0 Å². The number of methoxy groups -OCH3 is 1. The fourth-order valence-electron chi connectivity index (χ4n) is 1.54. The topological polar surface area (TPSA) is 52.6 Å². The monoisotopic (exact) mass is 360 g/mol. The summed E-state index contributed by atoms with van der Waals surface area (Å²) in [6.45, 7) is 0. The van der Waals surface area contributed by atoms with Crippen molar-refractivity contribution in [2.75, 3.05) is 7.11 Å². The average molecular weight is 361 g/mol. The van der Waals surface area contributed by atoms with Crippen molar-refractivity contribution in [3.63, 3.8) is 0 Å². The summed E-state index contributed by atoms with van der Waals surface area (Å²) in [6, 6.07) is 9.38. The highest BCUT2D eigenvalue weighted by atomic mass is 79.9. The summed E-state index contributed by atoms with van der Waals surface area (Å²) < 4.78 is 47.9. The summed E-state index contributed by atoms with van der Waals surface area (Å²) in [5, 5.41) is 0. The Morgan fingerprint density at radius 2 is 1.90 bits per heavy atom. The first-order valence-electron chi connectivity index (χ1n) is 5.46. The van der Waals surface area contributed by atoms with E-state index in [1.807, 2.05) is 0 Å². The van der Waals surface area contributed by atoms with E-state index < -0.39 is 15.9 Å². The van der Waals surface area contributed by atoms with Gasteiger partial charge in [-0.25, -0.2) is 4.39 Å². The number of hydrogen-bond donors (Lipinski definition) is 0. The lowest BCUT2D eigenvalue weighted by Crippen LogP contribution is -2.11. The Kier molecular flexibility index (Phi) is 4.29. The zero-order valence-electron chi connectivity index (χ0n) is 10.3. The van der Waals surface area contributed by atoms with E-state index in [1.165, 1.54) is 37.4 Å². The second kappa shape index (κ2) is 5.80. The standard InChI is InChI=1S/C13H10BrFO4S/c1-18-12-6-5-9(14)7-13(12)20(16,17)19-11-4-2-3-10(15)8-11/h2-8H,1H3. The van der Waals surface area contributed by atoms with Gasteiger partial charge in [-0.1, -0.05) is 22.0 Å². The molecule has 0 aliphatic heterocycles. The maximum atomic E-state index is 13.0. The molecule has 106 valence electrons. The van der Waals surface area contributed by atoms with Crippen LogP contribution >= 0.6 is 15.9 Å². The van der Waals surface area contributed by atoms with E-state index in [0.29, 0.717) is 4.47 Å². The van der Waals surface area contributed by atoms with Gasteiger partial charge in [-0.3, -0.25) is 0 Å². The van der Waals surface area contributed by atoms with E-state index >= 15 is 0 Å². The molecule has 0 amide bonds. The van der Waals surface area contributed by atoms with Gasteiger partial charge < -0.3 is 8.92 Å². The number of ether oxygens (including phenoxy) is 1. The first kappa shape index (κ1) is 14.8. The molecule has 0 N–H and O–H groups in total. The Morgan fingerprint density at radius 3 is 2.55 bits per heavy atom. The van der Waals surface area contributed by atoms with Crippen LogP contribution in [0.3, 0.4) is 0 Å². The molecule has 7 heteroatoms. The van der Waals surface area contributed by atoms with Crippen molar-refractivity contribution in [2.45, 2.75) is 4.90 Å². The van der Waals surface area contributed by atoms with E-state index in [4.69, 9.17) is 8.92 Å². The molecule has 0 fully saturated rings. The summed E-state index contributed by atoms with van der Waals surface area (Å²) in [5.74, 6) is -0.546. The molecular formula is C13H10BrFO4S. The molecule has 0 heterocycles. The lowest BCUT2D eigenvalue weighted by atomic mass is 10.3. The van der Waals surface area contributed by atoms with Gasteiger partial charge in [0, 0.05) is 10.5 Å². The van der Waals surface area contributed by atoms with Crippen LogP contribution in [-0.2, 0) is 10.1 Å². The maximum absolute atomic E-state index is 13.0. The molecule has 0 saturated heterocycles. The van der Waals surface area contributed by atoms with Crippen LogP contribution in [0.4, 0.5) is 4.39 Å². The molecule has 0 radical (unpaired) electrons. The van der Waals surface area contributed by atoms with E-state index in [1.54, 1.807) is 6.07 Å². The molecule has 0 spiro atoms. The molecule has 2 rings (SSSR count). The second-order valence-corrected chi connectivity index (χ2v) is 6.22. The number of rotatable bonds is 4. The molecule has 0 aliphatic rings. The van der Waals surface area contributed by atoms with Gasteiger partial charge in [0.15, 0.2) is 0 Å². The van der Waals surface area contributed by atoms with Crippen molar-refractivity contribution in [2.24, 2.45) is 0 Å². The number of benzene rings is 2. The van der Waals surface area contributed by atoms with Crippen molar-refractivity contribution in [3.8, 4) is 11.5 Å². The van der Waals surface area contributed by atoms with Crippen LogP contribution in [0.15, 0.2) is 51.8 Å². The van der Waals surface area contributed by atoms with Gasteiger partial charge >= 0.3 is 10.1 Å². The van der Waals surface area contributed by atoms with Crippen LogP contribution in [-0.4, -0.2) is 15.5 Å². The van der Waals surface area contributed by atoms with Gasteiger partial charge in [0.25, 0.3) is 0 Å². The largest absolute Gasteiger partial charge is 0.495 e. The molecule has 20 heavy (non-hydrogen) atoms. The quantitative estimate of drug-likeness (QED) is 0.784. The van der Waals surface area contributed by atoms with Gasteiger partial charge in [0.1, 0.15) is 22.2 Å². The zero-order chi connectivity index (χ0) is 14.8. The fourth-order valence-corrected chi connectivity index (χ4v) is 3.16. The summed E-state index contributed by atoms with van der Waals surface area (Å²) in [7, 11) is -2.77. The van der Waals surface area contributed by atoms with Crippen LogP contribution in [0.2, 0.25) is 0 Å². The zero-order valence-corrected chi connectivity index (χ0v) is 12.7. The molecule has 2 aromatic carbocycles. The number of hydrogen-bond acceptors (Lipinski definition) is 4. The highest BCUT2D eigenvalue weighted by Gasteiger charge is 2.22. The predicted molar refractivity (Wildman–Crippen MR) is 74.9 cm³/mol. The lowest BCUT2D eigenvalue weighted by Gasteiger charge is -2.11. The van der Waals surface area contributed by atoms with Crippen LogP contribution < -0.4 is 8.92 Å². The third-order valence-electron chi connectivity index (χ3n) is 2.40. The SMILES string of the molecule is COc1ccc(Br)cc1S(=O)(=O)Oc1cccc(F)c1. The van der Waals surface area contributed by atoms with Gasteiger partial charge in [0.2, 0.25) is 0 Å². The molecule has 0 saturated carbocycles. The Morgan fingerprint density at radius 1 is 1.15 bits per heavy atom. The highest BCUT2D eigenvalue weighted by molar-refractivity contribution is 9.10. The van der Waals surface area contributed by atoms with Crippen molar-refractivity contribution < 1.29 is 21.7 Å². The Labute approximate surface area is 124 Å². The van der Waals surface area contributed by atoms with Crippen LogP contribution in [0.5, 0.6) is 11.5 Å². The summed E-state index contributed by atoms with van der Waals surface area (Å²) in [6.07, 6.45) is 0. The van der Waals surface area contributed by atoms with Gasteiger partial charge in [0.05, 0.1) is 7.11 Å². The third-order valence-corrected chi connectivity index (χ3v) is 4.16. The Balaban J connectivity index is 2.43. The van der Waals surface area contributed by atoms with Crippen molar-refractivity contribution in [3.05, 3.63) is 52.8 Å². The minimum Gasteiger partial charge on any atom is -0.495 e. The van der Waals surface area contributed by atoms with Gasteiger partial charge in [-0.05, 0) is 30.3 Å². The smallest absolute Gasteiger partial charge is 0.342 e. The second-order valence-electron chi connectivity index (χ2n) is 3.79. The van der Waals surface area contributed by atoms with Crippen LogP contribution in [0, 0.1) is 5.82 Å². The first-order chi connectivity index (χ1) is 9.42. The molecule has 0 aliphatic carbocycles. The minimum atomic E-state index is -4.12. The molecule has 0 aromatic heterocycles. The van der Waals surface area contributed by atoms with Crippen molar-refractivity contribution in [1.82, 2.24) is 0 Å². The Bertz CT molecular complexity index is 731. The summed E-state index contributed by atoms with van der Waals surface area (Å²) in [5.41, 5.74) is 0. The van der Waals surface area contributed by atoms with E-state index in [-0.39, 0.29) is 16.4 Å². The van der Waals surface area contributed by atoms with E-state index in [0.717, 1.165) is 6.07 Å². The lowest BCUT2D eigenvalue weighted by molar-refractivity contribution is 0.398. The van der Waals surface area contributed by atoms with E-state index in [2.05, 4.69) is 15.9 Å². The predicted octanol–water partition coefficient (Wildman–Crippen LogP) is 3.36. The van der Waals surface area contributed by atoms with Crippen LogP contribution in [0.1, 0.15) is 0 Å². The Hall–Kier alpha value is -1.60. The van der Waals surface area contributed by atoms with Crippen molar-refractivity contribution >= 4 is 26.0 Å². The van der Waals surface area contributed by atoms with Gasteiger partial charge in [-0.2, -0.15) is 8.42 Å². The molecule has 0 atom stereocenters. The molecular weight excluding hydrogens is 351 g/mol. The summed E-state index contributed by atoms with van der Waals surface area (Å²) >= 11 is 3.18. The normalized spacial score (nSPS) is 11.2. The minimum absolute atomic E-state index is 0.105. The molecule has 0 unspecified atom stereocenters. The maximum Gasteiger partial charge on any atom is 0.342 e. The third kappa shape index (κ3) is 3.29. The highest BCUT2D eigenvalue weighted by Crippen LogP contribution is 2.29.